The number of hydrogen-bond acceptors (Lipinski definition) is 7. The SMILES string of the molecule is CCCCCOc1ccc(C2/C(=C(\O)c3ccc(OCc4ccccc4C)cc3)C(=O)C(=O)N2Cc2ccncc2)cc1OC. The molecule has 5 rings (SSSR count). The van der Waals surface area contributed by atoms with Gasteiger partial charge in [-0.15, -0.1) is 0 Å². The van der Waals surface area contributed by atoms with Crippen molar-refractivity contribution in [3.63, 3.8) is 0 Å². The molecule has 1 amide bonds. The van der Waals surface area contributed by atoms with Crippen molar-refractivity contribution in [2.24, 2.45) is 0 Å². The van der Waals surface area contributed by atoms with E-state index in [0.717, 1.165) is 36.0 Å². The van der Waals surface area contributed by atoms with E-state index in [1.54, 1.807) is 68.0 Å². The molecular weight excluding hydrogens is 568 g/mol. The fourth-order valence-electron chi connectivity index (χ4n) is 5.38. The summed E-state index contributed by atoms with van der Waals surface area (Å²) in [5, 5.41) is 11.6. The standard InChI is InChI=1S/C37H38N2O6/c1-4-5-8-21-44-31-16-13-28(22-32(31)43-3)34-33(36(41)37(42)39(34)23-26-17-19-38-20-18-26)35(40)27-11-14-30(15-12-27)45-24-29-10-7-6-9-25(29)2/h6-7,9-20,22,34,40H,4-5,8,21,23-24H2,1-3H3/b35-33+. The van der Waals surface area contributed by atoms with Gasteiger partial charge in [0.15, 0.2) is 11.5 Å². The van der Waals surface area contributed by atoms with Gasteiger partial charge in [-0.05, 0) is 84.1 Å². The van der Waals surface area contributed by atoms with Gasteiger partial charge in [-0.25, -0.2) is 0 Å². The van der Waals surface area contributed by atoms with Crippen molar-refractivity contribution in [3.05, 3.63) is 125 Å². The predicted octanol–water partition coefficient (Wildman–Crippen LogP) is 7.17. The van der Waals surface area contributed by atoms with Crippen LogP contribution in [0, 0.1) is 6.92 Å². The third kappa shape index (κ3) is 7.17. The lowest BCUT2D eigenvalue weighted by Gasteiger charge is -2.26. The van der Waals surface area contributed by atoms with E-state index in [4.69, 9.17) is 14.2 Å². The number of Topliss-reactive ketones (excluding diaryl/α,β-unsaturated/α-hetero) is 1. The molecule has 4 aromatic rings. The molecule has 1 aliphatic heterocycles. The van der Waals surface area contributed by atoms with E-state index in [2.05, 4.69) is 11.9 Å². The minimum Gasteiger partial charge on any atom is -0.507 e. The van der Waals surface area contributed by atoms with Crippen LogP contribution in [0.15, 0.2) is 96.8 Å². The molecule has 1 N–H and O–H groups in total. The van der Waals surface area contributed by atoms with Crippen molar-refractivity contribution < 1.29 is 28.9 Å². The zero-order valence-electron chi connectivity index (χ0n) is 25.9. The number of aryl methyl sites for hydroxylation is 1. The molecule has 8 nitrogen and oxygen atoms in total. The molecule has 1 atom stereocenters. The summed E-state index contributed by atoms with van der Waals surface area (Å²) in [7, 11) is 1.55. The first-order chi connectivity index (χ1) is 21.9. The Labute approximate surface area is 263 Å². The number of hydrogen-bond donors (Lipinski definition) is 1. The summed E-state index contributed by atoms with van der Waals surface area (Å²) in [6.45, 7) is 5.27. The topological polar surface area (TPSA) is 98.2 Å². The van der Waals surface area contributed by atoms with Crippen LogP contribution in [0.4, 0.5) is 0 Å². The zero-order valence-corrected chi connectivity index (χ0v) is 25.9. The Morgan fingerprint density at radius 1 is 0.911 bits per heavy atom. The summed E-state index contributed by atoms with van der Waals surface area (Å²) in [6.07, 6.45) is 6.33. The van der Waals surface area contributed by atoms with Crippen LogP contribution in [0.3, 0.4) is 0 Å². The van der Waals surface area contributed by atoms with Gasteiger partial charge < -0.3 is 24.2 Å². The number of nitrogens with zero attached hydrogens (tertiary/aromatic N) is 2. The van der Waals surface area contributed by atoms with Gasteiger partial charge in [0, 0.05) is 24.5 Å². The number of ether oxygens (including phenoxy) is 3. The molecule has 0 aliphatic carbocycles. The number of aliphatic hydroxyl groups excluding tert-OH is 1. The maximum Gasteiger partial charge on any atom is 0.295 e. The van der Waals surface area contributed by atoms with Crippen LogP contribution in [-0.2, 0) is 22.7 Å². The highest BCUT2D eigenvalue weighted by molar-refractivity contribution is 6.46. The molecule has 3 aromatic carbocycles. The van der Waals surface area contributed by atoms with Gasteiger partial charge in [0.2, 0.25) is 0 Å². The number of aromatic nitrogens is 1. The Bertz CT molecular complexity index is 1670. The molecule has 45 heavy (non-hydrogen) atoms. The molecule has 1 saturated heterocycles. The van der Waals surface area contributed by atoms with Gasteiger partial charge in [-0.1, -0.05) is 50.1 Å². The number of methoxy groups -OCH3 is 1. The van der Waals surface area contributed by atoms with Crippen LogP contribution in [-0.4, -0.2) is 40.4 Å². The number of carbonyl (C=O) groups excluding carboxylic acids is 2. The van der Waals surface area contributed by atoms with Gasteiger partial charge in [-0.2, -0.15) is 0 Å². The minimum atomic E-state index is -0.863. The third-order valence-electron chi connectivity index (χ3n) is 7.93. The largest absolute Gasteiger partial charge is 0.507 e. The second-order valence-electron chi connectivity index (χ2n) is 11.0. The van der Waals surface area contributed by atoms with E-state index in [-0.39, 0.29) is 17.9 Å². The maximum absolute atomic E-state index is 13.6. The molecule has 1 aliphatic rings. The lowest BCUT2D eigenvalue weighted by atomic mass is 9.94. The molecule has 1 unspecified atom stereocenters. The highest BCUT2D eigenvalue weighted by Crippen LogP contribution is 2.43. The van der Waals surface area contributed by atoms with Crippen molar-refractivity contribution in [1.29, 1.82) is 0 Å². The average molecular weight is 607 g/mol. The summed E-state index contributed by atoms with van der Waals surface area (Å²) in [5.74, 6) is -0.0530. The Morgan fingerprint density at radius 2 is 1.67 bits per heavy atom. The van der Waals surface area contributed by atoms with Crippen molar-refractivity contribution >= 4 is 17.4 Å². The third-order valence-corrected chi connectivity index (χ3v) is 7.93. The lowest BCUT2D eigenvalue weighted by molar-refractivity contribution is -0.140. The molecule has 1 aromatic heterocycles. The summed E-state index contributed by atoms with van der Waals surface area (Å²) in [6, 6.07) is 22.9. The average Bonchev–Trinajstić information content (AvgIpc) is 3.31. The highest BCUT2D eigenvalue weighted by atomic mass is 16.5. The summed E-state index contributed by atoms with van der Waals surface area (Å²) < 4.78 is 17.6. The van der Waals surface area contributed by atoms with Gasteiger partial charge in [0.05, 0.1) is 25.3 Å². The normalized spacial score (nSPS) is 15.7. The zero-order chi connectivity index (χ0) is 31.8. The van der Waals surface area contributed by atoms with E-state index >= 15 is 0 Å². The number of benzene rings is 3. The van der Waals surface area contributed by atoms with Crippen molar-refractivity contribution in [1.82, 2.24) is 9.88 Å². The molecule has 0 bridgehead atoms. The maximum atomic E-state index is 13.6. The van der Waals surface area contributed by atoms with Crippen LogP contribution in [0.1, 0.15) is 60.0 Å². The highest BCUT2D eigenvalue weighted by Gasteiger charge is 2.46. The molecule has 0 radical (unpaired) electrons. The second kappa shape index (κ2) is 14.6. The van der Waals surface area contributed by atoms with Gasteiger partial charge in [-0.3, -0.25) is 14.6 Å². The number of pyridine rings is 1. The first kappa shape index (κ1) is 31.3. The molecule has 232 valence electrons. The fraction of sp³-hybridized carbons (Fsp3) is 0.270. The summed E-state index contributed by atoms with van der Waals surface area (Å²) >= 11 is 0. The lowest BCUT2D eigenvalue weighted by Crippen LogP contribution is -2.29. The van der Waals surface area contributed by atoms with Crippen molar-refractivity contribution in [3.8, 4) is 17.2 Å². The predicted molar refractivity (Wildman–Crippen MR) is 172 cm³/mol. The van der Waals surface area contributed by atoms with Gasteiger partial charge >= 0.3 is 0 Å². The summed E-state index contributed by atoms with van der Waals surface area (Å²) in [4.78, 5) is 32.6. The number of carbonyl (C=O) groups is 2. The first-order valence-corrected chi connectivity index (χ1v) is 15.2. The van der Waals surface area contributed by atoms with Crippen LogP contribution in [0.5, 0.6) is 17.2 Å². The number of rotatable bonds is 13. The molecule has 8 heteroatoms. The van der Waals surface area contributed by atoms with E-state index in [1.807, 2.05) is 37.3 Å². The monoisotopic (exact) mass is 606 g/mol. The minimum absolute atomic E-state index is 0.00121. The van der Waals surface area contributed by atoms with E-state index in [9.17, 15) is 14.7 Å². The Kier molecular flexibility index (Phi) is 10.1. The Balaban J connectivity index is 1.48. The molecule has 0 saturated carbocycles. The second-order valence-corrected chi connectivity index (χ2v) is 11.0. The number of amides is 1. The Hall–Kier alpha value is -5.11. The quantitative estimate of drug-likeness (QED) is 0.0746. The smallest absolute Gasteiger partial charge is 0.295 e. The first-order valence-electron chi connectivity index (χ1n) is 15.2. The molecule has 2 heterocycles. The van der Waals surface area contributed by atoms with Crippen LogP contribution < -0.4 is 14.2 Å². The van der Waals surface area contributed by atoms with E-state index in [1.165, 1.54) is 4.90 Å². The number of likely N-dealkylation sites (tertiary alicyclic amines) is 1. The number of unbranched alkanes of at least 4 members (excludes halogenated alkanes) is 2. The van der Waals surface area contributed by atoms with E-state index < -0.39 is 17.7 Å². The number of aliphatic hydroxyl groups is 1. The van der Waals surface area contributed by atoms with Crippen LogP contribution in [0.2, 0.25) is 0 Å². The molecule has 1 fully saturated rings. The van der Waals surface area contributed by atoms with Crippen molar-refractivity contribution in [2.45, 2.75) is 52.3 Å². The van der Waals surface area contributed by atoms with Crippen LogP contribution in [0.25, 0.3) is 5.76 Å². The van der Waals surface area contributed by atoms with Gasteiger partial charge in [0.1, 0.15) is 18.1 Å². The van der Waals surface area contributed by atoms with Gasteiger partial charge in [0.25, 0.3) is 11.7 Å². The number of ketones is 1. The summed E-state index contributed by atoms with van der Waals surface area (Å²) in [5.41, 5.74) is 4.02. The fourth-order valence-corrected chi connectivity index (χ4v) is 5.38. The Morgan fingerprint density at radius 3 is 2.38 bits per heavy atom. The van der Waals surface area contributed by atoms with Crippen LogP contribution >= 0.6 is 0 Å². The molecular formula is C37H38N2O6. The van der Waals surface area contributed by atoms with Crippen molar-refractivity contribution in [2.75, 3.05) is 13.7 Å². The molecule has 0 spiro atoms. The van der Waals surface area contributed by atoms with E-state index in [0.29, 0.717) is 41.6 Å².